The molecular formula is C10H19NO2. The number of aliphatic imine (C=N–C) groups is 1. The highest BCUT2D eigenvalue weighted by atomic mass is 16.5. The van der Waals surface area contributed by atoms with Crippen molar-refractivity contribution in [2.75, 3.05) is 13.2 Å². The van der Waals surface area contributed by atoms with Gasteiger partial charge >= 0.3 is 5.97 Å². The summed E-state index contributed by atoms with van der Waals surface area (Å²) >= 11 is 0. The number of ether oxygens (including phenoxy) is 1. The zero-order valence-corrected chi connectivity index (χ0v) is 8.75. The first kappa shape index (κ1) is 12.1. The summed E-state index contributed by atoms with van der Waals surface area (Å²) in [5, 5.41) is 0. The van der Waals surface area contributed by atoms with Gasteiger partial charge in [-0.15, -0.1) is 0 Å². The van der Waals surface area contributed by atoms with E-state index >= 15 is 0 Å². The van der Waals surface area contributed by atoms with Gasteiger partial charge in [0, 0.05) is 12.8 Å². The van der Waals surface area contributed by atoms with Gasteiger partial charge in [-0.2, -0.15) is 0 Å². The normalized spacial score (nSPS) is 13.2. The first-order chi connectivity index (χ1) is 6.22. The van der Waals surface area contributed by atoms with Crippen molar-refractivity contribution >= 4 is 12.2 Å². The molecule has 13 heavy (non-hydrogen) atoms. The van der Waals surface area contributed by atoms with Crippen molar-refractivity contribution < 1.29 is 9.53 Å². The second-order valence-corrected chi connectivity index (χ2v) is 2.95. The van der Waals surface area contributed by atoms with Crippen LogP contribution in [0.25, 0.3) is 0 Å². The van der Waals surface area contributed by atoms with Crippen LogP contribution in [0.15, 0.2) is 4.99 Å². The van der Waals surface area contributed by atoms with Crippen molar-refractivity contribution in [3.05, 3.63) is 0 Å². The number of carbonyl (C=O) groups is 1. The highest BCUT2D eigenvalue weighted by molar-refractivity contribution is 5.89. The van der Waals surface area contributed by atoms with E-state index in [0.717, 1.165) is 19.4 Å². The van der Waals surface area contributed by atoms with Gasteiger partial charge < -0.3 is 4.74 Å². The Morgan fingerprint density at radius 3 is 2.77 bits per heavy atom. The third-order valence-corrected chi connectivity index (χ3v) is 1.63. The molecule has 3 heteroatoms. The van der Waals surface area contributed by atoms with Crippen LogP contribution in [-0.4, -0.2) is 25.3 Å². The SMILES string of the molecule is CCCCN=CC(C)C(=O)OCC. The molecule has 0 aliphatic heterocycles. The maximum atomic E-state index is 11.1. The van der Waals surface area contributed by atoms with E-state index in [0.29, 0.717) is 6.61 Å². The van der Waals surface area contributed by atoms with Crippen molar-refractivity contribution in [2.45, 2.75) is 33.6 Å². The summed E-state index contributed by atoms with van der Waals surface area (Å²) in [6.45, 7) is 6.96. The van der Waals surface area contributed by atoms with Crippen LogP contribution in [0.1, 0.15) is 33.6 Å². The van der Waals surface area contributed by atoms with Gasteiger partial charge in [0.2, 0.25) is 0 Å². The standard InChI is InChI=1S/C10H19NO2/c1-4-6-7-11-8-9(3)10(12)13-5-2/h8-9H,4-7H2,1-3H3. The highest BCUT2D eigenvalue weighted by Gasteiger charge is 2.09. The lowest BCUT2D eigenvalue weighted by Crippen LogP contribution is -2.15. The molecule has 0 saturated carbocycles. The van der Waals surface area contributed by atoms with Crippen LogP contribution in [0, 0.1) is 5.92 Å². The molecule has 1 unspecified atom stereocenters. The van der Waals surface area contributed by atoms with Crippen LogP contribution in [-0.2, 0) is 9.53 Å². The monoisotopic (exact) mass is 185 g/mol. The molecular weight excluding hydrogens is 166 g/mol. The summed E-state index contributed by atoms with van der Waals surface area (Å²) < 4.78 is 4.83. The predicted octanol–water partition coefficient (Wildman–Crippen LogP) is 2.06. The first-order valence-electron chi connectivity index (χ1n) is 4.88. The number of hydrogen-bond donors (Lipinski definition) is 0. The second-order valence-electron chi connectivity index (χ2n) is 2.95. The van der Waals surface area contributed by atoms with Crippen molar-refractivity contribution in [2.24, 2.45) is 10.9 Å². The molecule has 0 saturated heterocycles. The molecule has 0 aromatic heterocycles. The molecule has 76 valence electrons. The lowest BCUT2D eigenvalue weighted by atomic mass is 10.2. The van der Waals surface area contributed by atoms with Gasteiger partial charge in [-0.05, 0) is 20.3 Å². The smallest absolute Gasteiger partial charge is 0.314 e. The van der Waals surface area contributed by atoms with Crippen LogP contribution >= 0.6 is 0 Å². The van der Waals surface area contributed by atoms with E-state index in [1.54, 1.807) is 20.1 Å². The Hall–Kier alpha value is -0.860. The summed E-state index contributed by atoms with van der Waals surface area (Å²) in [6.07, 6.45) is 3.88. The van der Waals surface area contributed by atoms with Gasteiger partial charge in [-0.3, -0.25) is 9.79 Å². The number of nitrogens with zero attached hydrogens (tertiary/aromatic N) is 1. The maximum absolute atomic E-state index is 11.1. The Labute approximate surface area is 80.2 Å². The topological polar surface area (TPSA) is 38.7 Å². The largest absolute Gasteiger partial charge is 0.466 e. The summed E-state index contributed by atoms with van der Waals surface area (Å²) in [6, 6.07) is 0. The van der Waals surface area contributed by atoms with Crippen molar-refractivity contribution in [3.63, 3.8) is 0 Å². The number of hydrogen-bond acceptors (Lipinski definition) is 3. The Morgan fingerprint density at radius 1 is 1.54 bits per heavy atom. The number of unbranched alkanes of at least 4 members (excludes halogenated alkanes) is 1. The number of rotatable bonds is 6. The van der Waals surface area contributed by atoms with E-state index in [2.05, 4.69) is 11.9 Å². The quantitative estimate of drug-likeness (QED) is 0.361. The summed E-state index contributed by atoms with van der Waals surface area (Å²) in [7, 11) is 0. The molecule has 0 amide bonds. The Morgan fingerprint density at radius 2 is 2.23 bits per heavy atom. The van der Waals surface area contributed by atoms with Gasteiger partial charge in [0.15, 0.2) is 0 Å². The lowest BCUT2D eigenvalue weighted by molar-refractivity contribution is -0.144. The molecule has 0 spiro atoms. The molecule has 0 heterocycles. The minimum absolute atomic E-state index is 0.192. The molecule has 0 aliphatic carbocycles. The lowest BCUT2D eigenvalue weighted by Gasteiger charge is -2.04. The molecule has 3 nitrogen and oxygen atoms in total. The Balaban J connectivity index is 3.64. The minimum Gasteiger partial charge on any atom is -0.466 e. The van der Waals surface area contributed by atoms with Crippen molar-refractivity contribution in [1.82, 2.24) is 0 Å². The average molecular weight is 185 g/mol. The fraction of sp³-hybridized carbons (Fsp3) is 0.800. The molecule has 0 N–H and O–H groups in total. The van der Waals surface area contributed by atoms with Gasteiger partial charge in [0.05, 0.1) is 12.5 Å². The second kappa shape index (κ2) is 7.77. The Kier molecular flexibility index (Phi) is 7.26. The van der Waals surface area contributed by atoms with E-state index in [-0.39, 0.29) is 11.9 Å². The Bertz CT molecular complexity index is 166. The van der Waals surface area contributed by atoms with Crippen LogP contribution < -0.4 is 0 Å². The van der Waals surface area contributed by atoms with E-state index in [4.69, 9.17) is 4.74 Å². The fourth-order valence-corrected chi connectivity index (χ4v) is 0.817. The zero-order valence-electron chi connectivity index (χ0n) is 8.75. The third-order valence-electron chi connectivity index (χ3n) is 1.63. The minimum atomic E-state index is -0.211. The summed E-state index contributed by atoms with van der Waals surface area (Å²) in [5.74, 6) is -0.403. The molecule has 0 fully saturated rings. The first-order valence-corrected chi connectivity index (χ1v) is 4.88. The highest BCUT2D eigenvalue weighted by Crippen LogP contribution is 1.95. The molecule has 1 atom stereocenters. The van der Waals surface area contributed by atoms with Gasteiger partial charge in [0.1, 0.15) is 0 Å². The number of carbonyl (C=O) groups excluding carboxylic acids is 1. The van der Waals surface area contributed by atoms with Gasteiger partial charge in [-0.25, -0.2) is 0 Å². The van der Waals surface area contributed by atoms with Crippen LogP contribution in [0.3, 0.4) is 0 Å². The van der Waals surface area contributed by atoms with Crippen LogP contribution in [0.4, 0.5) is 0 Å². The van der Waals surface area contributed by atoms with Crippen molar-refractivity contribution in [3.8, 4) is 0 Å². The summed E-state index contributed by atoms with van der Waals surface area (Å²) in [4.78, 5) is 15.2. The van der Waals surface area contributed by atoms with Gasteiger partial charge in [0.25, 0.3) is 0 Å². The van der Waals surface area contributed by atoms with Gasteiger partial charge in [-0.1, -0.05) is 13.3 Å². The molecule has 0 aromatic rings. The molecule has 0 radical (unpaired) electrons. The zero-order chi connectivity index (χ0) is 10.1. The average Bonchev–Trinajstić information content (AvgIpc) is 2.12. The van der Waals surface area contributed by atoms with Crippen molar-refractivity contribution in [1.29, 1.82) is 0 Å². The fourth-order valence-electron chi connectivity index (χ4n) is 0.817. The van der Waals surface area contributed by atoms with E-state index in [1.807, 2.05) is 0 Å². The molecule has 0 rings (SSSR count). The molecule has 0 bridgehead atoms. The maximum Gasteiger partial charge on any atom is 0.314 e. The third kappa shape index (κ3) is 6.31. The van der Waals surface area contributed by atoms with Crippen LogP contribution in [0.5, 0.6) is 0 Å². The predicted molar refractivity (Wildman–Crippen MR) is 54.1 cm³/mol. The summed E-state index contributed by atoms with van der Waals surface area (Å²) in [5.41, 5.74) is 0. The van der Waals surface area contributed by atoms with Crippen LogP contribution in [0.2, 0.25) is 0 Å². The molecule has 0 aromatic carbocycles. The van der Waals surface area contributed by atoms with E-state index in [1.165, 1.54) is 0 Å². The number of esters is 1. The van der Waals surface area contributed by atoms with E-state index < -0.39 is 0 Å². The molecule has 0 aliphatic rings. The van der Waals surface area contributed by atoms with E-state index in [9.17, 15) is 4.79 Å².